The third-order valence-electron chi connectivity index (χ3n) is 2.22. The van der Waals surface area contributed by atoms with Gasteiger partial charge in [0.1, 0.15) is 18.5 Å². The standard InChI is InChI=1S/C10H12N2O/c11-6-10-2-1-5-12(10)8-13-7-9-3-4-9/h1-2,5,9H,3-4,7-8H2. The van der Waals surface area contributed by atoms with Crippen LogP contribution in [0.25, 0.3) is 0 Å². The fourth-order valence-electron chi connectivity index (χ4n) is 1.23. The molecule has 2 rings (SSSR count). The highest BCUT2D eigenvalue weighted by Crippen LogP contribution is 2.28. The smallest absolute Gasteiger partial charge is 0.123 e. The van der Waals surface area contributed by atoms with E-state index in [-0.39, 0.29) is 0 Å². The maximum Gasteiger partial charge on any atom is 0.123 e. The van der Waals surface area contributed by atoms with Gasteiger partial charge in [0, 0.05) is 6.20 Å². The predicted molar refractivity (Wildman–Crippen MR) is 47.8 cm³/mol. The molecule has 0 radical (unpaired) electrons. The van der Waals surface area contributed by atoms with E-state index in [2.05, 4.69) is 6.07 Å². The number of hydrogen-bond acceptors (Lipinski definition) is 2. The van der Waals surface area contributed by atoms with Crippen molar-refractivity contribution in [2.75, 3.05) is 6.61 Å². The Balaban J connectivity index is 1.82. The van der Waals surface area contributed by atoms with Crippen molar-refractivity contribution < 1.29 is 4.74 Å². The SMILES string of the molecule is N#Cc1cccn1COCC1CC1. The van der Waals surface area contributed by atoms with Crippen molar-refractivity contribution in [1.29, 1.82) is 5.26 Å². The summed E-state index contributed by atoms with van der Waals surface area (Å²) in [6.07, 6.45) is 4.47. The number of rotatable bonds is 4. The first-order valence-electron chi connectivity index (χ1n) is 4.53. The molecule has 0 aliphatic heterocycles. The highest BCUT2D eigenvalue weighted by Gasteiger charge is 2.21. The molecule has 3 heteroatoms. The molecule has 0 atom stereocenters. The minimum absolute atomic E-state index is 0.506. The summed E-state index contributed by atoms with van der Waals surface area (Å²) in [6, 6.07) is 5.76. The summed E-state index contributed by atoms with van der Waals surface area (Å²) in [5.41, 5.74) is 0.663. The van der Waals surface area contributed by atoms with E-state index in [0.717, 1.165) is 12.5 Å². The molecule has 1 aliphatic rings. The van der Waals surface area contributed by atoms with Crippen molar-refractivity contribution in [2.24, 2.45) is 5.92 Å². The lowest BCUT2D eigenvalue weighted by Gasteiger charge is -2.05. The molecular formula is C10H12N2O. The third-order valence-corrected chi connectivity index (χ3v) is 2.22. The Morgan fingerprint density at radius 1 is 1.62 bits per heavy atom. The van der Waals surface area contributed by atoms with Gasteiger partial charge in [-0.05, 0) is 30.9 Å². The Labute approximate surface area is 77.5 Å². The second kappa shape index (κ2) is 3.63. The summed E-state index contributed by atoms with van der Waals surface area (Å²) in [5, 5.41) is 8.70. The Morgan fingerprint density at radius 3 is 3.15 bits per heavy atom. The number of hydrogen-bond donors (Lipinski definition) is 0. The number of aromatic nitrogens is 1. The van der Waals surface area contributed by atoms with Crippen molar-refractivity contribution in [3.8, 4) is 6.07 Å². The lowest BCUT2D eigenvalue weighted by atomic mass is 10.5. The first-order valence-corrected chi connectivity index (χ1v) is 4.53. The monoisotopic (exact) mass is 176 g/mol. The van der Waals surface area contributed by atoms with Gasteiger partial charge in [-0.15, -0.1) is 0 Å². The predicted octanol–water partition coefficient (Wildman–Crippen LogP) is 1.74. The molecule has 0 amide bonds. The lowest BCUT2D eigenvalue weighted by molar-refractivity contribution is 0.0687. The van der Waals surface area contributed by atoms with E-state index >= 15 is 0 Å². The van der Waals surface area contributed by atoms with Crippen LogP contribution >= 0.6 is 0 Å². The average molecular weight is 176 g/mol. The van der Waals surface area contributed by atoms with Crippen LogP contribution < -0.4 is 0 Å². The fourth-order valence-corrected chi connectivity index (χ4v) is 1.23. The van der Waals surface area contributed by atoms with E-state index in [1.807, 2.05) is 16.8 Å². The first kappa shape index (κ1) is 8.33. The van der Waals surface area contributed by atoms with Gasteiger partial charge in [0.2, 0.25) is 0 Å². The van der Waals surface area contributed by atoms with E-state index in [4.69, 9.17) is 10.00 Å². The molecule has 1 heterocycles. The first-order chi connectivity index (χ1) is 6.40. The van der Waals surface area contributed by atoms with E-state index in [0.29, 0.717) is 12.4 Å². The van der Waals surface area contributed by atoms with Crippen molar-refractivity contribution in [2.45, 2.75) is 19.6 Å². The lowest BCUT2D eigenvalue weighted by Crippen LogP contribution is -2.05. The second-order valence-corrected chi connectivity index (χ2v) is 3.42. The second-order valence-electron chi connectivity index (χ2n) is 3.42. The molecule has 0 bridgehead atoms. The minimum Gasteiger partial charge on any atom is -0.360 e. The molecule has 0 saturated heterocycles. The maximum absolute atomic E-state index is 8.70. The number of nitrogens with zero attached hydrogens (tertiary/aromatic N) is 2. The molecular weight excluding hydrogens is 164 g/mol. The summed E-state index contributed by atoms with van der Waals surface area (Å²) in [6.45, 7) is 1.34. The quantitative estimate of drug-likeness (QED) is 0.700. The van der Waals surface area contributed by atoms with Crippen molar-refractivity contribution in [1.82, 2.24) is 4.57 Å². The topological polar surface area (TPSA) is 38.0 Å². The van der Waals surface area contributed by atoms with Gasteiger partial charge < -0.3 is 9.30 Å². The van der Waals surface area contributed by atoms with Gasteiger partial charge in [-0.1, -0.05) is 0 Å². The summed E-state index contributed by atoms with van der Waals surface area (Å²) < 4.78 is 7.28. The Hall–Kier alpha value is -1.27. The van der Waals surface area contributed by atoms with Crippen LogP contribution in [0.5, 0.6) is 0 Å². The minimum atomic E-state index is 0.506. The summed E-state index contributed by atoms with van der Waals surface area (Å²) in [5.74, 6) is 0.779. The Kier molecular flexibility index (Phi) is 2.33. The van der Waals surface area contributed by atoms with Crippen LogP contribution in [-0.4, -0.2) is 11.2 Å². The van der Waals surface area contributed by atoms with Crippen molar-refractivity contribution >= 4 is 0 Å². The molecule has 13 heavy (non-hydrogen) atoms. The molecule has 0 aromatic carbocycles. The van der Waals surface area contributed by atoms with Gasteiger partial charge in [-0.3, -0.25) is 0 Å². The van der Waals surface area contributed by atoms with Crippen LogP contribution in [0.3, 0.4) is 0 Å². The summed E-state index contributed by atoms with van der Waals surface area (Å²) in [4.78, 5) is 0. The van der Waals surface area contributed by atoms with Crippen LogP contribution in [-0.2, 0) is 11.5 Å². The zero-order valence-electron chi connectivity index (χ0n) is 7.44. The van der Waals surface area contributed by atoms with Gasteiger partial charge in [0.05, 0.1) is 6.61 Å². The summed E-state index contributed by atoms with van der Waals surface area (Å²) in [7, 11) is 0. The van der Waals surface area contributed by atoms with Gasteiger partial charge in [0.15, 0.2) is 0 Å². The molecule has 1 fully saturated rings. The Bertz CT molecular complexity index is 320. The summed E-state index contributed by atoms with van der Waals surface area (Å²) >= 11 is 0. The van der Waals surface area contributed by atoms with E-state index in [9.17, 15) is 0 Å². The Morgan fingerprint density at radius 2 is 2.46 bits per heavy atom. The average Bonchev–Trinajstić information content (AvgIpc) is 2.84. The molecule has 3 nitrogen and oxygen atoms in total. The fraction of sp³-hybridized carbons (Fsp3) is 0.500. The van der Waals surface area contributed by atoms with E-state index in [1.54, 1.807) is 6.07 Å². The normalized spacial score (nSPS) is 15.6. The highest BCUT2D eigenvalue weighted by atomic mass is 16.5. The van der Waals surface area contributed by atoms with Crippen molar-refractivity contribution in [3.63, 3.8) is 0 Å². The van der Waals surface area contributed by atoms with Gasteiger partial charge in [0.25, 0.3) is 0 Å². The molecule has 1 aromatic heterocycles. The van der Waals surface area contributed by atoms with Crippen LogP contribution in [0.2, 0.25) is 0 Å². The highest BCUT2D eigenvalue weighted by molar-refractivity contribution is 5.21. The molecule has 0 spiro atoms. The molecule has 1 saturated carbocycles. The number of ether oxygens (including phenoxy) is 1. The molecule has 0 unspecified atom stereocenters. The van der Waals surface area contributed by atoms with E-state index < -0.39 is 0 Å². The molecule has 1 aromatic rings. The molecule has 68 valence electrons. The van der Waals surface area contributed by atoms with Gasteiger partial charge in [-0.25, -0.2) is 0 Å². The zero-order chi connectivity index (χ0) is 9.10. The maximum atomic E-state index is 8.70. The van der Waals surface area contributed by atoms with Crippen LogP contribution in [0.4, 0.5) is 0 Å². The van der Waals surface area contributed by atoms with Gasteiger partial charge >= 0.3 is 0 Å². The third kappa shape index (κ3) is 2.10. The van der Waals surface area contributed by atoms with Gasteiger partial charge in [-0.2, -0.15) is 5.26 Å². The van der Waals surface area contributed by atoms with Crippen LogP contribution in [0.15, 0.2) is 18.3 Å². The van der Waals surface area contributed by atoms with Crippen LogP contribution in [0.1, 0.15) is 18.5 Å². The van der Waals surface area contributed by atoms with Crippen molar-refractivity contribution in [3.05, 3.63) is 24.0 Å². The van der Waals surface area contributed by atoms with Crippen LogP contribution in [0, 0.1) is 17.2 Å². The zero-order valence-corrected chi connectivity index (χ0v) is 7.44. The molecule has 0 N–H and O–H groups in total. The number of nitriles is 1. The largest absolute Gasteiger partial charge is 0.360 e. The molecule has 1 aliphatic carbocycles. The van der Waals surface area contributed by atoms with E-state index in [1.165, 1.54) is 12.8 Å².